The van der Waals surface area contributed by atoms with Gasteiger partial charge in [-0.1, -0.05) is 75.4 Å². The van der Waals surface area contributed by atoms with Crippen LogP contribution in [0.2, 0.25) is 0 Å². The van der Waals surface area contributed by atoms with Gasteiger partial charge in [0.1, 0.15) is 17.4 Å². The number of aromatic amines is 1. The molecule has 0 spiro atoms. The third-order valence-electron chi connectivity index (χ3n) is 8.79. The Bertz CT molecular complexity index is 1590. The van der Waals surface area contributed by atoms with Gasteiger partial charge in [-0.3, -0.25) is 19.4 Å². The molecule has 2 aromatic carbocycles. The Kier molecular flexibility index (Phi) is 7.09. The third kappa shape index (κ3) is 5.29. The van der Waals surface area contributed by atoms with E-state index in [1.165, 1.54) is 0 Å². The molecule has 1 unspecified atom stereocenters. The minimum atomic E-state index is -0.762. The van der Waals surface area contributed by atoms with Gasteiger partial charge in [0.25, 0.3) is 11.8 Å². The Balaban J connectivity index is 1.14. The summed E-state index contributed by atoms with van der Waals surface area (Å²) < 4.78 is 0. The Labute approximate surface area is 245 Å². The van der Waals surface area contributed by atoms with Gasteiger partial charge in [0.2, 0.25) is 5.91 Å². The monoisotopic (exact) mass is 563 g/mol. The highest BCUT2D eigenvalue weighted by molar-refractivity contribution is 6.00. The van der Waals surface area contributed by atoms with Crippen molar-refractivity contribution in [3.63, 3.8) is 0 Å². The number of hydrogen-bond acceptors (Lipinski definition) is 4. The molecule has 3 heterocycles. The topological polar surface area (TPSA) is 107 Å². The van der Waals surface area contributed by atoms with Crippen LogP contribution >= 0.6 is 0 Å². The molecule has 2 aliphatic rings. The largest absolute Gasteiger partial charge is 0.352 e. The summed E-state index contributed by atoms with van der Waals surface area (Å²) in [4.78, 5) is 50.0. The second-order valence-electron chi connectivity index (χ2n) is 12.7. The van der Waals surface area contributed by atoms with E-state index in [0.717, 1.165) is 28.5 Å². The van der Waals surface area contributed by atoms with Crippen molar-refractivity contribution in [2.24, 2.45) is 17.3 Å². The van der Waals surface area contributed by atoms with Gasteiger partial charge < -0.3 is 20.5 Å². The number of aromatic nitrogens is 2. The number of benzene rings is 2. The van der Waals surface area contributed by atoms with Crippen molar-refractivity contribution in [3.05, 3.63) is 90.4 Å². The molecule has 8 heteroatoms. The number of amides is 3. The highest BCUT2D eigenvalue weighted by Crippen LogP contribution is 2.53. The van der Waals surface area contributed by atoms with E-state index in [2.05, 4.69) is 27.5 Å². The van der Waals surface area contributed by atoms with Crippen molar-refractivity contribution >= 4 is 28.6 Å². The quantitative estimate of drug-likeness (QED) is 0.293. The van der Waals surface area contributed by atoms with Crippen LogP contribution in [0.15, 0.2) is 79.0 Å². The summed E-state index contributed by atoms with van der Waals surface area (Å²) >= 11 is 0. The molecule has 2 aromatic heterocycles. The van der Waals surface area contributed by atoms with E-state index in [9.17, 15) is 14.4 Å². The standard InChI is InChI=1S/C34H37N5O3/c1-20-24-17-25(24)29(39(20)33(42)27-15-14-23(18-35-27)21-10-6-5-7-11-21)19-36-32(41)30(34(2,3)4)38-31(40)28-16-22-12-8-9-13-26(22)37-28/h5-16,18,20,24-25,29-30,37H,17,19H2,1-4H3,(H,36,41)(H,38,40)/t20-,24-,25?,29+,30+/m0/s1. The van der Waals surface area contributed by atoms with E-state index in [1.54, 1.807) is 18.3 Å². The molecule has 0 bridgehead atoms. The molecule has 216 valence electrons. The first-order valence-corrected chi connectivity index (χ1v) is 14.6. The average molecular weight is 564 g/mol. The number of piperidine rings is 1. The van der Waals surface area contributed by atoms with Crippen LogP contribution in [-0.2, 0) is 4.79 Å². The van der Waals surface area contributed by atoms with Gasteiger partial charge in [0.15, 0.2) is 0 Å². The van der Waals surface area contributed by atoms with Gasteiger partial charge in [-0.05, 0) is 54.4 Å². The maximum Gasteiger partial charge on any atom is 0.273 e. The van der Waals surface area contributed by atoms with E-state index in [-0.39, 0.29) is 29.8 Å². The predicted octanol–water partition coefficient (Wildman–Crippen LogP) is 5.04. The summed E-state index contributed by atoms with van der Waals surface area (Å²) in [6, 6.07) is 22.3. The fourth-order valence-electron chi connectivity index (χ4n) is 6.37. The summed E-state index contributed by atoms with van der Waals surface area (Å²) in [5, 5.41) is 6.96. The Morgan fingerprint density at radius 1 is 0.976 bits per heavy atom. The molecule has 1 aliphatic heterocycles. The Hall–Kier alpha value is -4.46. The molecule has 5 atom stereocenters. The number of hydrogen-bond donors (Lipinski definition) is 3. The van der Waals surface area contributed by atoms with Crippen LogP contribution in [0.4, 0.5) is 0 Å². The normalized spacial score (nSPS) is 22.0. The van der Waals surface area contributed by atoms with E-state index in [0.29, 0.717) is 29.8 Å². The number of likely N-dealkylation sites (tertiary alicyclic amines) is 1. The molecule has 3 N–H and O–H groups in total. The van der Waals surface area contributed by atoms with E-state index < -0.39 is 11.5 Å². The number of nitrogens with one attached hydrogen (secondary N) is 3. The van der Waals surface area contributed by atoms with Gasteiger partial charge in [0.05, 0.1) is 6.04 Å². The van der Waals surface area contributed by atoms with E-state index in [1.807, 2.05) is 86.3 Å². The van der Waals surface area contributed by atoms with Crippen molar-refractivity contribution in [1.82, 2.24) is 25.5 Å². The number of H-pyrrole nitrogens is 1. The zero-order valence-corrected chi connectivity index (χ0v) is 24.4. The molecule has 1 saturated heterocycles. The van der Waals surface area contributed by atoms with Crippen LogP contribution in [-0.4, -0.2) is 57.3 Å². The first kappa shape index (κ1) is 27.7. The van der Waals surface area contributed by atoms with Crippen molar-refractivity contribution in [2.75, 3.05) is 6.54 Å². The molecule has 4 aromatic rings. The third-order valence-corrected chi connectivity index (χ3v) is 8.79. The van der Waals surface area contributed by atoms with Gasteiger partial charge in [-0.2, -0.15) is 0 Å². The van der Waals surface area contributed by atoms with Crippen molar-refractivity contribution in [2.45, 2.75) is 52.2 Å². The SMILES string of the molecule is C[C@H]1[C@@H]2CC2[C@@H](CNC(=O)[C@@H](NC(=O)c2cc3ccccc3[nH]2)C(C)(C)C)N1C(=O)c1ccc(-c2ccccc2)cn1. The van der Waals surface area contributed by atoms with Crippen LogP contribution in [0.5, 0.6) is 0 Å². The first-order valence-electron chi connectivity index (χ1n) is 14.6. The fourth-order valence-corrected chi connectivity index (χ4v) is 6.37. The Morgan fingerprint density at radius 3 is 2.40 bits per heavy atom. The van der Waals surface area contributed by atoms with Crippen molar-refractivity contribution in [3.8, 4) is 11.1 Å². The van der Waals surface area contributed by atoms with Gasteiger partial charge in [0, 0.05) is 35.2 Å². The van der Waals surface area contributed by atoms with Crippen LogP contribution in [0.3, 0.4) is 0 Å². The molecule has 42 heavy (non-hydrogen) atoms. The Morgan fingerprint density at radius 2 is 1.71 bits per heavy atom. The maximum absolute atomic E-state index is 13.7. The van der Waals surface area contributed by atoms with Crippen LogP contribution in [0, 0.1) is 17.3 Å². The van der Waals surface area contributed by atoms with E-state index in [4.69, 9.17) is 0 Å². The van der Waals surface area contributed by atoms with Crippen molar-refractivity contribution in [1.29, 1.82) is 0 Å². The summed E-state index contributed by atoms with van der Waals surface area (Å²) in [6.45, 7) is 8.20. The first-order chi connectivity index (χ1) is 20.1. The van der Waals surface area contributed by atoms with Crippen molar-refractivity contribution < 1.29 is 14.4 Å². The smallest absolute Gasteiger partial charge is 0.273 e. The molecule has 1 saturated carbocycles. The number of rotatable bonds is 7. The minimum absolute atomic E-state index is 0.0696. The second kappa shape index (κ2) is 10.7. The molecular formula is C34H37N5O3. The molecule has 1 aliphatic carbocycles. The summed E-state index contributed by atoms with van der Waals surface area (Å²) in [6.07, 6.45) is 2.79. The lowest BCUT2D eigenvalue weighted by molar-refractivity contribution is -0.125. The van der Waals surface area contributed by atoms with Crippen LogP contribution in [0.25, 0.3) is 22.0 Å². The predicted molar refractivity (Wildman–Crippen MR) is 163 cm³/mol. The zero-order chi connectivity index (χ0) is 29.6. The van der Waals surface area contributed by atoms with E-state index >= 15 is 0 Å². The maximum atomic E-state index is 13.7. The molecule has 2 fully saturated rings. The second-order valence-corrected chi connectivity index (χ2v) is 12.7. The lowest BCUT2D eigenvalue weighted by Gasteiger charge is -2.34. The van der Waals surface area contributed by atoms with Gasteiger partial charge >= 0.3 is 0 Å². The van der Waals surface area contributed by atoms with Gasteiger partial charge in [-0.15, -0.1) is 0 Å². The van der Waals surface area contributed by atoms with Crippen LogP contribution < -0.4 is 10.6 Å². The average Bonchev–Trinajstić information content (AvgIpc) is 3.58. The van der Waals surface area contributed by atoms with Crippen LogP contribution in [0.1, 0.15) is 55.1 Å². The number of pyridine rings is 1. The lowest BCUT2D eigenvalue weighted by atomic mass is 9.86. The highest BCUT2D eigenvalue weighted by Gasteiger charge is 2.58. The highest BCUT2D eigenvalue weighted by atomic mass is 16.2. The molecule has 8 nitrogen and oxygen atoms in total. The number of carbonyl (C=O) groups excluding carboxylic acids is 3. The summed E-state index contributed by atoms with van der Waals surface area (Å²) in [7, 11) is 0. The fraction of sp³-hybridized carbons (Fsp3) is 0.353. The number of carbonyl (C=O) groups is 3. The van der Waals surface area contributed by atoms with Gasteiger partial charge in [-0.25, -0.2) is 0 Å². The molecule has 6 rings (SSSR count). The number of para-hydroxylation sites is 1. The number of fused-ring (bicyclic) bond motifs is 2. The zero-order valence-electron chi connectivity index (χ0n) is 24.4. The molecular weight excluding hydrogens is 526 g/mol. The number of nitrogens with zero attached hydrogens (tertiary/aromatic N) is 2. The molecule has 3 amide bonds. The minimum Gasteiger partial charge on any atom is -0.352 e. The summed E-state index contributed by atoms with van der Waals surface area (Å²) in [5.74, 6) is 0.0655. The lowest BCUT2D eigenvalue weighted by Crippen LogP contribution is -2.56. The summed E-state index contributed by atoms with van der Waals surface area (Å²) in [5.41, 5.74) is 3.14. The molecule has 0 radical (unpaired) electrons.